The van der Waals surface area contributed by atoms with Crippen LogP contribution in [0.1, 0.15) is 26.7 Å². The molecule has 0 spiro atoms. The van der Waals surface area contributed by atoms with Crippen LogP contribution in [0.4, 0.5) is 0 Å². The van der Waals surface area contributed by atoms with Gasteiger partial charge in [-0.3, -0.25) is 0 Å². The van der Waals surface area contributed by atoms with Crippen LogP contribution < -0.4 is 0 Å². The lowest BCUT2D eigenvalue weighted by Crippen LogP contribution is -2.16. The lowest BCUT2D eigenvalue weighted by atomic mass is 10.1. The van der Waals surface area contributed by atoms with Crippen LogP contribution in [0, 0.1) is 17.4 Å². The van der Waals surface area contributed by atoms with Gasteiger partial charge in [0.25, 0.3) is 0 Å². The zero-order valence-electron chi connectivity index (χ0n) is 9.65. The molecule has 0 aromatic carbocycles. The molecule has 1 atom stereocenters. The SMILES string of the molecule is CCC=C[C@H](C)CC#C[Si](C)(C)C. The number of hydrogen-bond acceptors (Lipinski definition) is 0. The van der Waals surface area contributed by atoms with Gasteiger partial charge >= 0.3 is 0 Å². The molecule has 0 saturated heterocycles. The minimum Gasteiger partial charge on any atom is -0.132 e. The smallest absolute Gasteiger partial charge is 0.129 e. The Hall–Kier alpha value is -0.483. The molecule has 0 aromatic rings. The Morgan fingerprint density at radius 3 is 2.38 bits per heavy atom. The average Bonchev–Trinajstić information content (AvgIpc) is 1.98. The van der Waals surface area contributed by atoms with E-state index in [1.54, 1.807) is 0 Å². The summed E-state index contributed by atoms with van der Waals surface area (Å²) in [5, 5.41) is 0. The second-order valence-electron chi connectivity index (χ2n) is 4.57. The Morgan fingerprint density at radius 2 is 1.92 bits per heavy atom. The molecule has 0 bridgehead atoms. The average molecular weight is 194 g/mol. The third-order valence-electron chi connectivity index (χ3n) is 1.59. The fourth-order valence-electron chi connectivity index (χ4n) is 0.914. The summed E-state index contributed by atoms with van der Waals surface area (Å²) < 4.78 is 0. The van der Waals surface area contributed by atoms with Crippen LogP contribution in [0.3, 0.4) is 0 Å². The summed E-state index contributed by atoms with van der Waals surface area (Å²) in [5.41, 5.74) is 3.38. The molecular formula is C12H22Si. The van der Waals surface area contributed by atoms with Gasteiger partial charge in [0.2, 0.25) is 0 Å². The fraction of sp³-hybridized carbons (Fsp3) is 0.667. The van der Waals surface area contributed by atoms with Crippen molar-refractivity contribution in [2.24, 2.45) is 5.92 Å². The van der Waals surface area contributed by atoms with Crippen LogP contribution >= 0.6 is 0 Å². The molecule has 0 aliphatic carbocycles. The van der Waals surface area contributed by atoms with Crippen molar-refractivity contribution in [2.45, 2.75) is 46.3 Å². The largest absolute Gasteiger partial charge is 0.132 e. The van der Waals surface area contributed by atoms with Gasteiger partial charge in [-0.1, -0.05) is 45.6 Å². The van der Waals surface area contributed by atoms with Gasteiger partial charge in [0.15, 0.2) is 0 Å². The minimum atomic E-state index is -1.14. The van der Waals surface area contributed by atoms with Crippen molar-refractivity contribution in [1.29, 1.82) is 0 Å². The van der Waals surface area contributed by atoms with E-state index in [1.807, 2.05) is 0 Å². The van der Waals surface area contributed by atoms with Crippen LogP contribution in [0.2, 0.25) is 19.6 Å². The molecule has 1 heteroatoms. The van der Waals surface area contributed by atoms with Gasteiger partial charge in [0.1, 0.15) is 8.07 Å². The third-order valence-corrected chi connectivity index (χ3v) is 2.51. The maximum atomic E-state index is 3.38. The normalized spacial score (nSPS) is 13.9. The van der Waals surface area contributed by atoms with Gasteiger partial charge in [-0.2, -0.15) is 0 Å². The Labute approximate surface area is 84.4 Å². The van der Waals surface area contributed by atoms with Crippen molar-refractivity contribution in [3.63, 3.8) is 0 Å². The maximum Gasteiger partial charge on any atom is 0.129 e. The van der Waals surface area contributed by atoms with Crippen molar-refractivity contribution in [2.75, 3.05) is 0 Å². The standard InChI is InChI=1S/C12H22Si/c1-6-7-9-12(2)10-8-11-13(3,4)5/h7,9,12H,6,10H2,1-5H3/t12-/m0/s1. The second-order valence-corrected chi connectivity index (χ2v) is 9.32. The highest BCUT2D eigenvalue weighted by atomic mass is 28.3. The first-order valence-electron chi connectivity index (χ1n) is 5.12. The van der Waals surface area contributed by atoms with Crippen molar-refractivity contribution >= 4 is 8.07 Å². The topological polar surface area (TPSA) is 0 Å². The van der Waals surface area contributed by atoms with E-state index < -0.39 is 8.07 Å². The summed E-state index contributed by atoms with van der Waals surface area (Å²) >= 11 is 0. The van der Waals surface area contributed by atoms with E-state index >= 15 is 0 Å². The van der Waals surface area contributed by atoms with Crippen molar-refractivity contribution in [1.82, 2.24) is 0 Å². The first-order valence-corrected chi connectivity index (χ1v) is 8.62. The second kappa shape index (κ2) is 6.04. The first-order chi connectivity index (χ1) is 5.95. The van der Waals surface area contributed by atoms with Gasteiger partial charge in [-0.25, -0.2) is 0 Å². The van der Waals surface area contributed by atoms with Crippen LogP contribution in [0.25, 0.3) is 0 Å². The van der Waals surface area contributed by atoms with Crippen LogP contribution in [0.15, 0.2) is 12.2 Å². The Bertz CT molecular complexity index is 210. The molecule has 0 amide bonds. The van der Waals surface area contributed by atoms with E-state index in [9.17, 15) is 0 Å². The van der Waals surface area contributed by atoms with E-state index in [0.717, 1.165) is 12.8 Å². The van der Waals surface area contributed by atoms with Crippen LogP contribution in [-0.4, -0.2) is 8.07 Å². The summed E-state index contributed by atoms with van der Waals surface area (Å²) in [7, 11) is -1.14. The zero-order chi connectivity index (χ0) is 10.3. The number of rotatable bonds is 3. The Balaban J connectivity index is 3.86. The lowest BCUT2D eigenvalue weighted by molar-refractivity contribution is 0.756. The lowest BCUT2D eigenvalue weighted by Gasteiger charge is -2.04. The molecule has 0 nitrogen and oxygen atoms in total. The molecule has 0 rings (SSSR count). The minimum absolute atomic E-state index is 0.615. The highest BCUT2D eigenvalue weighted by Crippen LogP contribution is 2.04. The Kier molecular flexibility index (Phi) is 5.82. The molecule has 0 saturated carbocycles. The molecule has 0 aromatic heterocycles. The van der Waals surface area contributed by atoms with Gasteiger partial charge in [0.05, 0.1) is 0 Å². The molecular weight excluding hydrogens is 172 g/mol. The monoisotopic (exact) mass is 194 g/mol. The van der Waals surface area contributed by atoms with Crippen LogP contribution in [0.5, 0.6) is 0 Å². The summed E-state index contributed by atoms with van der Waals surface area (Å²) in [6.45, 7) is 11.2. The summed E-state index contributed by atoms with van der Waals surface area (Å²) in [6, 6.07) is 0. The first kappa shape index (κ1) is 12.5. The highest BCUT2D eigenvalue weighted by molar-refractivity contribution is 6.83. The maximum absolute atomic E-state index is 3.38. The van der Waals surface area contributed by atoms with Crippen molar-refractivity contribution in [3.05, 3.63) is 12.2 Å². The summed E-state index contributed by atoms with van der Waals surface area (Å²) in [5.74, 6) is 3.91. The molecule has 74 valence electrons. The van der Waals surface area contributed by atoms with Crippen molar-refractivity contribution < 1.29 is 0 Å². The van der Waals surface area contributed by atoms with E-state index in [4.69, 9.17) is 0 Å². The van der Waals surface area contributed by atoms with E-state index in [1.165, 1.54) is 0 Å². The van der Waals surface area contributed by atoms with Gasteiger partial charge < -0.3 is 0 Å². The zero-order valence-corrected chi connectivity index (χ0v) is 10.6. The van der Waals surface area contributed by atoms with Crippen LogP contribution in [-0.2, 0) is 0 Å². The number of allylic oxidation sites excluding steroid dienone is 2. The van der Waals surface area contributed by atoms with E-state index in [2.05, 4.69) is 57.1 Å². The predicted octanol–water partition coefficient (Wildman–Crippen LogP) is 3.86. The molecule has 0 fully saturated rings. The van der Waals surface area contributed by atoms with Gasteiger partial charge in [-0.15, -0.1) is 11.5 Å². The molecule has 0 aliphatic heterocycles. The molecule has 0 unspecified atom stereocenters. The third kappa shape index (κ3) is 9.43. The van der Waals surface area contributed by atoms with Crippen molar-refractivity contribution in [3.8, 4) is 11.5 Å². The molecule has 13 heavy (non-hydrogen) atoms. The number of hydrogen-bond donors (Lipinski definition) is 0. The molecule has 0 heterocycles. The predicted molar refractivity (Wildman–Crippen MR) is 64.3 cm³/mol. The Morgan fingerprint density at radius 1 is 1.31 bits per heavy atom. The van der Waals surface area contributed by atoms with Gasteiger partial charge in [-0.05, 0) is 12.3 Å². The summed E-state index contributed by atoms with van der Waals surface area (Å²) in [4.78, 5) is 0. The molecule has 0 aliphatic rings. The highest BCUT2D eigenvalue weighted by Gasteiger charge is 2.07. The van der Waals surface area contributed by atoms with E-state index in [-0.39, 0.29) is 0 Å². The van der Waals surface area contributed by atoms with Gasteiger partial charge in [0, 0.05) is 6.42 Å². The summed E-state index contributed by atoms with van der Waals surface area (Å²) in [6.07, 6.45) is 6.63. The molecule has 0 radical (unpaired) electrons. The fourth-order valence-corrected chi connectivity index (χ4v) is 1.55. The molecule has 0 N–H and O–H groups in total. The quantitative estimate of drug-likeness (QED) is 0.363. The van der Waals surface area contributed by atoms with E-state index in [0.29, 0.717) is 5.92 Å².